The first-order valence-electron chi connectivity index (χ1n) is 4.41. The number of ether oxygens (including phenoxy) is 1. The lowest BCUT2D eigenvalue weighted by molar-refractivity contribution is -0.145. The van der Waals surface area contributed by atoms with E-state index in [1.54, 1.807) is 0 Å². The van der Waals surface area contributed by atoms with E-state index in [4.69, 9.17) is 4.74 Å². The zero-order valence-electron chi connectivity index (χ0n) is 7.78. The van der Waals surface area contributed by atoms with Gasteiger partial charge < -0.3 is 10.1 Å². The van der Waals surface area contributed by atoms with Gasteiger partial charge in [0.15, 0.2) is 0 Å². The summed E-state index contributed by atoms with van der Waals surface area (Å²) in [6, 6.07) is 0. The predicted octanol–water partition coefficient (Wildman–Crippen LogP) is 1.96. The molecule has 0 aromatic heterocycles. The zero-order chi connectivity index (χ0) is 10.2. The summed E-state index contributed by atoms with van der Waals surface area (Å²) in [6.45, 7) is 3.81. The van der Waals surface area contributed by atoms with Crippen molar-refractivity contribution in [1.82, 2.24) is 5.32 Å². The van der Waals surface area contributed by atoms with Gasteiger partial charge in [-0.1, -0.05) is 6.92 Å². The van der Waals surface area contributed by atoms with Crippen LogP contribution in [0, 0.1) is 0 Å². The third-order valence-electron chi connectivity index (χ3n) is 1.42. The van der Waals surface area contributed by atoms with Crippen LogP contribution in [0.1, 0.15) is 19.8 Å². The van der Waals surface area contributed by atoms with Crippen LogP contribution in [0.25, 0.3) is 0 Å². The second kappa shape index (κ2) is 7.15. The molecule has 1 N–H and O–H groups in total. The van der Waals surface area contributed by atoms with E-state index < -0.39 is 12.6 Å². The molecule has 0 atom stereocenters. The van der Waals surface area contributed by atoms with E-state index in [-0.39, 0.29) is 6.61 Å². The van der Waals surface area contributed by atoms with Crippen LogP contribution >= 0.6 is 0 Å². The van der Waals surface area contributed by atoms with Gasteiger partial charge in [-0.25, -0.2) is 0 Å². The van der Waals surface area contributed by atoms with E-state index in [0.29, 0.717) is 6.61 Å². The average Bonchev–Trinajstić information content (AvgIpc) is 2.01. The lowest BCUT2D eigenvalue weighted by atomic mass is 10.4. The molecule has 0 aromatic carbocycles. The fraction of sp³-hybridized carbons (Fsp3) is 1.00. The van der Waals surface area contributed by atoms with Gasteiger partial charge in [0.05, 0.1) is 13.0 Å². The van der Waals surface area contributed by atoms with Gasteiger partial charge >= 0.3 is 6.18 Å². The maximum absolute atomic E-state index is 11.6. The van der Waals surface area contributed by atoms with Crippen molar-refractivity contribution >= 4 is 0 Å². The molecular weight excluding hydrogens is 183 g/mol. The number of halogens is 3. The molecule has 0 saturated heterocycles. The molecule has 0 aliphatic heterocycles. The van der Waals surface area contributed by atoms with E-state index in [2.05, 4.69) is 5.32 Å². The minimum absolute atomic E-state index is 0.227. The van der Waals surface area contributed by atoms with Crippen molar-refractivity contribution in [2.45, 2.75) is 25.9 Å². The van der Waals surface area contributed by atoms with E-state index in [9.17, 15) is 13.2 Å². The Kier molecular flexibility index (Phi) is 6.99. The Morgan fingerprint density at radius 1 is 1.23 bits per heavy atom. The molecule has 0 radical (unpaired) electrons. The Morgan fingerprint density at radius 3 is 2.46 bits per heavy atom. The number of hydrogen-bond donors (Lipinski definition) is 1. The van der Waals surface area contributed by atoms with Crippen LogP contribution in [0.4, 0.5) is 13.2 Å². The van der Waals surface area contributed by atoms with Gasteiger partial charge in [-0.05, 0) is 19.5 Å². The maximum atomic E-state index is 11.6. The van der Waals surface area contributed by atoms with Crippen molar-refractivity contribution in [3.63, 3.8) is 0 Å². The normalized spacial score (nSPS) is 12.0. The van der Waals surface area contributed by atoms with E-state index >= 15 is 0 Å². The summed E-state index contributed by atoms with van der Waals surface area (Å²) in [5.74, 6) is 0. The highest BCUT2D eigenvalue weighted by atomic mass is 19.4. The van der Waals surface area contributed by atoms with E-state index in [1.165, 1.54) is 0 Å². The van der Waals surface area contributed by atoms with Crippen molar-refractivity contribution in [2.24, 2.45) is 0 Å². The molecule has 0 aliphatic rings. The Balaban J connectivity index is 3.00. The largest absolute Gasteiger partial charge is 0.391 e. The zero-order valence-corrected chi connectivity index (χ0v) is 7.78. The summed E-state index contributed by atoms with van der Waals surface area (Å²) < 4.78 is 39.6. The van der Waals surface area contributed by atoms with Crippen LogP contribution in [0.3, 0.4) is 0 Å². The first-order chi connectivity index (χ1) is 6.06. The molecule has 0 heterocycles. The number of alkyl halides is 3. The first kappa shape index (κ1) is 12.7. The molecule has 0 unspecified atom stereocenters. The van der Waals surface area contributed by atoms with Gasteiger partial charge in [-0.15, -0.1) is 0 Å². The second-order valence-electron chi connectivity index (χ2n) is 2.68. The van der Waals surface area contributed by atoms with Gasteiger partial charge in [0, 0.05) is 6.61 Å². The van der Waals surface area contributed by atoms with Crippen molar-refractivity contribution in [3.8, 4) is 0 Å². The van der Waals surface area contributed by atoms with Crippen LogP contribution in [-0.4, -0.2) is 32.5 Å². The molecule has 0 spiro atoms. The quantitative estimate of drug-likeness (QED) is 0.633. The molecule has 2 nitrogen and oxygen atoms in total. The Morgan fingerprint density at radius 2 is 1.92 bits per heavy atom. The molecule has 0 aliphatic carbocycles. The highest BCUT2D eigenvalue weighted by molar-refractivity contribution is 4.48. The van der Waals surface area contributed by atoms with Crippen LogP contribution < -0.4 is 5.32 Å². The molecule has 13 heavy (non-hydrogen) atoms. The molecule has 0 fully saturated rings. The third-order valence-corrected chi connectivity index (χ3v) is 1.42. The lowest BCUT2D eigenvalue weighted by Crippen LogP contribution is -2.17. The first-order valence-corrected chi connectivity index (χ1v) is 4.41. The molecule has 0 aromatic rings. The van der Waals surface area contributed by atoms with Gasteiger partial charge in [0.1, 0.15) is 0 Å². The van der Waals surface area contributed by atoms with Crippen molar-refractivity contribution < 1.29 is 17.9 Å². The van der Waals surface area contributed by atoms with E-state index in [1.807, 2.05) is 6.92 Å². The van der Waals surface area contributed by atoms with Gasteiger partial charge in [-0.2, -0.15) is 13.2 Å². The molecule has 0 amide bonds. The fourth-order valence-electron chi connectivity index (χ4n) is 0.766. The van der Waals surface area contributed by atoms with Crippen LogP contribution in [-0.2, 0) is 4.74 Å². The fourth-order valence-corrected chi connectivity index (χ4v) is 0.766. The smallest absolute Gasteiger partial charge is 0.381 e. The van der Waals surface area contributed by atoms with Gasteiger partial charge in [-0.3, -0.25) is 0 Å². The molecule has 0 saturated carbocycles. The molecular formula is C8H16F3NO. The summed E-state index contributed by atoms with van der Waals surface area (Å²) in [5.41, 5.74) is 0. The topological polar surface area (TPSA) is 21.3 Å². The predicted molar refractivity (Wildman–Crippen MR) is 44.7 cm³/mol. The summed E-state index contributed by atoms with van der Waals surface area (Å²) in [6.07, 6.45) is -4.19. The Bertz CT molecular complexity index is 116. The average molecular weight is 199 g/mol. The molecule has 5 heteroatoms. The molecule has 0 rings (SSSR count). The van der Waals surface area contributed by atoms with Crippen molar-refractivity contribution in [3.05, 3.63) is 0 Å². The maximum Gasteiger partial charge on any atom is 0.391 e. The summed E-state index contributed by atoms with van der Waals surface area (Å²) in [5, 5.41) is 3.05. The Hall–Kier alpha value is -0.290. The van der Waals surface area contributed by atoms with E-state index in [0.717, 1.165) is 19.5 Å². The second-order valence-corrected chi connectivity index (χ2v) is 2.68. The van der Waals surface area contributed by atoms with Crippen LogP contribution in [0.5, 0.6) is 0 Å². The number of hydrogen-bond acceptors (Lipinski definition) is 2. The SMILES string of the molecule is CCNCCCOCCC(F)(F)F. The minimum Gasteiger partial charge on any atom is -0.381 e. The van der Waals surface area contributed by atoms with Crippen molar-refractivity contribution in [2.75, 3.05) is 26.3 Å². The summed E-state index contributed by atoms with van der Waals surface area (Å²) >= 11 is 0. The standard InChI is InChI=1S/C8H16F3NO/c1-2-12-5-3-6-13-7-4-8(9,10)11/h12H,2-7H2,1H3. The minimum atomic E-state index is -4.10. The highest BCUT2D eigenvalue weighted by Gasteiger charge is 2.26. The molecule has 0 bridgehead atoms. The van der Waals surface area contributed by atoms with Crippen LogP contribution in [0.15, 0.2) is 0 Å². The van der Waals surface area contributed by atoms with Gasteiger partial charge in [0.25, 0.3) is 0 Å². The number of nitrogens with one attached hydrogen (secondary N) is 1. The Labute approximate surface area is 76.5 Å². The molecule has 80 valence electrons. The third kappa shape index (κ3) is 11.7. The van der Waals surface area contributed by atoms with Crippen LogP contribution in [0.2, 0.25) is 0 Å². The van der Waals surface area contributed by atoms with Gasteiger partial charge in [0.2, 0.25) is 0 Å². The summed E-state index contributed by atoms with van der Waals surface area (Å²) in [4.78, 5) is 0. The van der Waals surface area contributed by atoms with Crippen molar-refractivity contribution in [1.29, 1.82) is 0 Å². The number of rotatable bonds is 7. The highest BCUT2D eigenvalue weighted by Crippen LogP contribution is 2.18. The summed E-state index contributed by atoms with van der Waals surface area (Å²) in [7, 11) is 0. The monoisotopic (exact) mass is 199 g/mol. The lowest BCUT2D eigenvalue weighted by Gasteiger charge is -2.07.